The molecule has 0 amide bonds. The van der Waals surface area contributed by atoms with Crippen molar-refractivity contribution in [1.82, 2.24) is 4.90 Å². The van der Waals surface area contributed by atoms with E-state index in [0.29, 0.717) is 13.2 Å². The van der Waals surface area contributed by atoms with Gasteiger partial charge in [-0.2, -0.15) is 13.2 Å². The maximum atomic E-state index is 12.8. The summed E-state index contributed by atoms with van der Waals surface area (Å²) in [6.07, 6.45) is -4.31. The van der Waals surface area contributed by atoms with Crippen LogP contribution in [0.4, 0.5) is 18.9 Å². The van der Waals surface area contributed by atoms with Crippen LogP contribution in [0.3, 0.4) is 0 Å². The van der Waals surface area contributed by atoms with E-state index < -0.39 is 17.3 Å². The van der Waals surface area contributed by atoms with Gasteiger partial charge in [0, 0.05) is 37.6 Å². The van der Waals surface area contributed by atoms with Gasteiger partial charge in [-0.1, -0.05) is 30.8 Å². The van der Waals surface area contributed by atoms with Crippen molar-refractivity contribution < 1.29 is 23.0 Å². The number of nitrogens with zero attached hydrogens (tertiary/aromatic N) is 2. The van der Waals surface area contributed by atoms with Gasteiger partial charge in [-0.15, -0.1) is 0 Å². The number of benzene rings is 2. The van der Waals surface area contributed by atoms with Crippen LogP contribution in [0.5, 0.6) is 0 Å². The topological polar surface area (TPSA) is 35.9 Å². The predicted octanol–water partition coefficient (Wildman–Crippen LogP) is 4.03. The molecule has 0 atom stereocenters. The second kappa shape index (κ2) is 7.14. The Morgan fingerprint density at radius 2 is 1.48 bits per heavy atom. The molecular formula is C24H23F3N2O2. The van der Waals surface area contributed by atoms with E-state index in [1.807, 2.05) is 24.3 Å². The molecule has 1 fully saturated rings. The third-order valence-corrected chi connectivity index (χ3v) is 6.41. The molecule has 3 aliphatic rings. The maximum Gasteiger partial charge on any atom is 0.416 e. The second-order valence-electron chi connectivity index (χ2n) is 8.51. The molecule has 0 spiro atoms. The fourth-order valence-electron chi connectivity index (χ4n) is 4.43. The summed E-state index contributed by atoms with van der Waals surface area (Å²) in [5.41, 5.74) is 4.70. The molecule has 0 aromatic heterocycles. The minimum Gasteiger partial charge on any atom is -0.380 e. The Morgan fingerprint density at radius 3 is 1.97 bits per heavy atom. The number of halogens is 3. The Morgan fingerprint density at radius 1 is 0.903 bits per heavy atom. The van der Waals surface area contributed by atoms with Gasteiger partial charge in [0.2, 0.25) is 0 Å². The van der Waals surface area contributed by atoms with Gasteiger partial charge >= 0.3 is 6.18 Å². The molecule has 7 heteroatoms. The quantitative estimate of drug-likeness (QED) is 0.747. The van der Waals surface area contributed by atoms with Crippen LogP contribution in [-0.2, 0) is 16.5 Å². The lowest BCUT2D eigenvalue weighted by molar-refractivity contribution is -0.184. The van der Waals surface area contributed by atoms with Crippen LogP contribution >= 0.6 is 0 Å². The summed E-state index contributed by atoms with van der Waals surface area (Å²) >= 11 is 0. The van der Waals surface area contributed by atoms with Gasteiger partial charge in [-0.3, -0.25) is 0 Å². The summed E-state index contributed by atoms with van der Waals surface area (Å²) in [5, 5.41) is 10.4. The zero-order chi connectivity index (χ0) is 21.8. The predicted molar refractivity (Wildman–Crippen MR) is 112 cm³/mol. The van der Waals surface area contributed by atoms with Gasteiger partial charge in [0.05, 0.1) is 18.8 Å². The minimum atomic E-state index is -4.31. The van der Waals surface area contributed by atoms with E-state index in [4.69, 9.17) is 4.74 Å². The van der Waals surface area contributed by atoms with E-state index in [9.17, 15) is 18.3 Å². The number of alkyl halides is 3. The molecule has 31 heavy (non-hydrogen) atoms. The molecule has 0 aliphatic carbocycles. The first-order valence-electron chi connectivity index (χ1n) is 10.2. The summed E-state index contributed by atoms with van der Waals surface area (Å²) < 4.78 is 43.5. The van der Waals surface area contributed by atoms with Crippen LogP contribution < -0.4 is 4.90 Å². The molecule has 162 valence electrons. The minimum absolute atomic E-state index is 0.325. The molecule has 1 N–H and O–H groups in total. The highest BCUT2D eigenvalue weighted by molar-refractivity contribution is 5.65. The average molecular weight is 428 g/mol. The fraction of sp³-hybridized carbons (Fsp3) is 0.333. The van der Waals surface area contributed by atoms with E-state index >= 15 is 0 Å². The van der Waals surface area contributed by atoms with E-state index in [2.05, 4.69) is 16.4 Å². The Balaban J connectivity index is 1.21. The fourth-order valence-corrected chi connectivity index (χ4v) is 4.43. The molecule has 1 saturated heterocycles. The maximum absolute atomic E-state index is 12.8. The van der Waals surface area contributed by atoms with Crippen molar-refractivity contribution in [2.24, 2.45) is 0 Å². The molecule has 2 aromatic rings. The molecule has 4 nitrogen and oxygen atoms in total. The van der Waals surface area contributed by atoms with Crippen LogP contribution in [0, 0.1) is 0 Å². The van der Waals surface area contributed by atoms with Crippen LogP contribution in [0.2, 0.25) is 0 Å². The summed E-state index contributed by atoms with van der Waals surface area (Å²) in [6.45, 7) is 7.89. The number of rotatable bonds is 4. The molecule has 0 unspecified atom stereocenters. The summed E-state index contributed by atoms with van der Waals surface area (Å²) in [4.78, 5) is 4.34. The molecular weight excluding hydrogens is 405 g/mol. The lowest BCUT2D eigenvalue weighted by Gasteiger charge is -2.36. The van der Waals surface area contributed by atoms with Crippen LogP contribution in [-0.4, -0.2) is 49.4 Å². The second-order valence-corrected chi connectivity index (χ2v) is 8.51. The molecule has 0 saturated carbocycles. The molecule has 2 aromatic carbocycles. The number of hydrogen-bond donors (Lipinski definition) is 1. The highest BCUT2D eigenvalue weighted by Crippen LogP contribution is 2.36. The first kappa shape index (κ1) is 20.2. The van der Waals surface area contributed by atoms with Gasteiger partial charge in [0.25, 0.3) is 0 Å². The van der Waals surface area contributed by atoms with E-state index in [-0.39, 0.29) is 0 Å². The van der Waals surface area contributed by atoms with Gasteiger partial charge < -0.3 is 19.6 Å². The highest BCUT2D eigenvalue weighted by Gasteiger charge is 2.38. The summed E-state index contributed by atoms with van der Waals surface area (Å²) in [5.74, 6) is 0. The Kier molecular flexibility index (Phi) is 4.64. The highest BCUT2D eigenvalue weighted by atomic mass is 19.4. The lowest BCUT2D eigenvalue weighted by Crippen LogP contribution is -2.46. The van der Waals surface area contributed by atoms with Gasteiger partial charge in [-0.25, -0.2) is 0 Å². The van der Waals surface area contributed by atoms with Gasteiger partial charge in [0.15, 0.2) is 0 Å². The first-order valence-corrected chi connectivity index (χ1v) is 10.2. The van der Waals surface area contributed by atoms with Crippen molar-refractivity contribution >= 4 is 11.4 Å². The summed E-state index contributed by atoms with van der Waals surface area (Å²) in [7, 11) is 0. The number of hydrogen-bond acceptors (Lipinski definition) is 4. The molecule has 3 aliphatic heterocycles. The van der Waals surface area contributed by atoms with Crippen molar-refractivity contribution in [3.05, 3.63) is 82.9 Å². The van der Waals surface area contributed by atoms with Crippen molar-refractivity contribution in [1.29, 1.82) is 0 Å². The van der Waals surface area contributed by atoms with Crippen molar-refractivity contribution in [2.75, 3.05) is 44.3 Å². The van der Waals surface area contributed by atoms with E-state index in [0.717, 1.165) is 60.8 Å². The third-order valence-electron chi connectivity index (χ3n) is 6.41. The average Bonchev–Trinajstić information content (AvgIpc) is 3.30. The third kappa shape index (κ3) is 3.62. The van der Waals surface area contributed by atoms with Crippen LogP contribution in [0.1, 0.15) is 16.7 Å². The van der Waals surface area contributed by atoms with Gasteiger partial charge in [-0.05, 0) is 46.5 Å². The van der Waals surface area contributed by atoms with Crippen molar-refractivity contribution in [3.8, 4) is 0 Å². The molecule has 0 bridgehead atoms. The van der Waals surface area contributed by atoms with Crippen molar-refractivity contribution in [2.45, 2.75) is 11.8 Å². The zero-order valence-corrected chi connectivity index (χ0v) is 17.0. The van der Waals surface area contributed by atoms with E-state index in [1.165, 1.54) is 11.1 Å². The smallest absolute Gasteiger partial charge is 0.380 e. The van der Waals surface area contributed by atoms with Crippen molar-refractivity contribution in [3.63, 3.8) is 0 Å². The van der Waals surface area contributed by atoms with Crippen LogP contribution in [0.25, 0.3) is 5.70 Å². The zero-order valence-electron chi connectivity index (χ0n) is 17.0. The normalized spacial score (nSPS) is 20.1. The Bertz CT molecular complexity index is 1020. The van der Waals surface area contributed by atoms with Crippen LogP contribution in [0.15, 0.2) is 66.3 Å². The first-order chi connectivity index (χ1) is 14.7. The number of ether oxygens (including phenoxy) is 1. The molecule has 3 heterocycles. The molecule has 0 radical (unpaired) electrons. The van der Waals surface area contributed by atoms with E-state index in [1.54, 1.807) is 12.1 Å². The number of aliphatic hydroxyl groups is 1. The largest absolute Gasteiger partial charge is 0.416 e. The summed E-state index contributed by atoms with van der Waals surface area (Å²) in [6, 6.07) is 13.2. The van der Waals surface area contributed by atoms with Gasteiger partial charge in [0.1, 0.15) is 5.60 Å². The standard InChI is InChI=1S/C24H23F3N2O2/c1-16(17-2-4-20(5-3-17)23(30)14-31-15-23)28-10-18-12-29(13-19(18)11-28)22-8-6-21(7-9-22)24(25,26)27/h2-9,30H,1,10-15H2. The lowest BCUT2D eigenvalue weighted by atomic mass is 9.91. The molecule has 5 rings (SSSR count). The Hall–Kier alpha value is -2.77. The monoisotopic (exact) mass is 428 g/mol. The SMILES string of the molecule is C=C(c1ccc(C2(O)COC2)cc1)N1CC2=C(C1)CN(c1ccc(C(F)(F)F)cc1)C2. The Labute approximate surface area is 178 Å². The number of anilines is 1.